The van der Waals surface area contributed by atoms with Gasteiger partial charge in [0, 0.05) is 37.1 Å². The quantitative estimate of drug-likeness (QED) is 0.252. The Hall–Kier alpha value is -0.870. The predicted molar refractivity (Wildman–Crippen MR) is 135 cm³/mol. The lowest BCUT2D eigenvalue weighted by Crippen LogP contribution is -2.47. The van der Waals surface area contributed by atoms with Crippen LogP contribution in [0.4, 0.5) is 0 Å². The van der Waals surface area contributed by atoms with Gasteiger partial charge in [0.1, 0.15) is 0 Å². The van der Waals surface area contributed by atoms with Crippen molar-refractivity contribution in [3.05, 3.63) is 22.4 Å². The molecule has 2 saturated heterocycles. The van der Waals surface area contributed by atoms with E-state index in [4.69, 9.17) is 9.73 Å². The summed E-state index contributed by atoms with van der Waals surface area (Å²) in [7, 11) is 2.24. The number of ether oxygens (including phenoxy) is 1. The van der Waals surface area contributed by atoms with Gasteiger partial charge in [0.2, 0.25) is 0 Å². The molecular weight excluding hydrogens is 511 g/mol. The Morgan fingerprint density at radius 3 is 2.67 bits per heavy atom. The largest absolute Gasteiger partial charge is 0.466 e. The van der Waals surface area contributed by atoms with E-state index in [1.807, 2.05) is 18.3 Å². The van der Waals surface area contributed by atoms with Gasteiger partial charge in [-0.25, -0.2) is 0 Å². The van der Waals surface area contributed by atoms with Crippen LogP contribution in [0.3, 0.4) is 0 Å². The Balaban J connectivity index is 0.00000320. The smallest absolute Gasteiger partial charge is 0.309 e. The lowest BCUT2D eigenvalue weighted by Gasteiger charge is -2.38. The highest BCUT2D eigenvalue weighted by molar-refractivity contribution is 14.0. The first-order valence-electron chi connectivity index (χ1n) is 11.1. The molecule has 2 aliphatic heterocycles. The molecule has 0 radical (unpaired) electrons. The number of hydrogen-bond acceptors (Lipinski definition) is 5. The Morgan fingerprint density at radius 2 is 2.03 bits per heavy atom. The second-order valence-corrected chi connectivity index (χ2v) is 9.03. The molecule has 1 aromatic heterocycles. The van der Waals surface area contributed by atoms with Crippen molar-refractivity contribution in [3.8, 4) is 0 Å². The number of thiophene rings is 1. The highest BCUT2D eigenvalue weighted by atomic mass is 127. The summed E-state index contributed by atoms with van der Waals surface area (Å²) in [6, 6.07) is 4.88. The average molecular weight is 549 g/mol. The van der Waals surface area contributed by atoms with Crippen LogP contribution >= 0.6 is 35.3 Å². The van der Waals surface area contributed by atoms with E-state index in [1.54, 1.807) is 0 Å². The van der Waals surface area contributed by atoms with Gasteiger partial charge in [-0.1, -0.05) is 6.07 Å². The number of carbonyl (C=O) groups is 1. The van der Waals surface area contributed by atoms with Gasteiger partial charge in [-0.2, -0.15) is 0 Å². The minimum Gasteiger partial charge on any atom is -0.466 e. The van der Waals surface area contributed by atoms with E-state index in [-0.39, 0.29) is 35.9 Å². The van der Waals surface area contributed by atoms with Gasteiger partial charge in [0.15, 0.2) is 5.96 Å². The van der Waals surface area contributed by atoms with Gasteiger partial charge in [0.25, 0.3) is 0 Å². The summed E-state index contributed by atoms with van der Waals surface area (Å²) >= 11 is 1.86. The van der Waals surface area contributed by atoms with Crippen LogP contribution in [0.2, 0.25) is 0 Å². The monoisotopic (exact) mass is 548 g/mol. The lowest BCUT2D eigenvalue weighted by atomic mass is 9.88. The lowest BCUT2D eigenvalue weighted by molar-refractivity contribution is -0.149. The number of hydrogen-bond donors (Lipinski definition) is 1. The van der Waals surface area contributed by atoms with Crippen LogP contribution in [0.1, 0.15) is 50.4 Å². The molecule has 0 bridgehead atoms. The van der Waals surface area contributed by atoms with Crippen molar-refractivity contribution in [1.29, 1.82) is 0 Å². The third-order valence-corrected chi connectivity index (χ3v) is 7.01. The van der Waals surface area contributed by atoms with Crippen molar-refractivity contribution in [3.63, 3.8) is 0 Å². The Kier molecular flexibility index (Phi) is 10.9. The summed E-state index contributed by atoms with van der Waals surface area (Å²) in [4.78, 5) is 23.3. The van der Waals surface area contributed by atoms with E-state index in [1.165, 1.54) is 17.7 Å². The molecule has 6 nitrogen and oxygen atoms in total. The maximum atomic E-state index is 12.0. The first-order chi connectivity index (χ1) is 14.1. The van der Waals surface area contributed by atoms with E-state index in [9.17, 15) is 4.79 Å². The molecule has 1 aromatic rings. The number of rotatable bonds is 6. The predicted octanol–water partition coefficient (Wildman–Crippen LogP) is 3.99. The third kappa shape index (κ3) is 6.56. The molecule has 1 N–H and O–H groups in total. The van der Waals surface area contributed by atoms with Gasteiger partial charge in [-0.3, -0.25) is 14.7 Å². The molecule has 0 aromatic carbocycles. The van der Waals surface area contributed by atoms with Crippen LogP contribution in [0.25, 0.3) is 0 Å². The molecule has 30 heavy (non-hydrogen) atoms. The highest BCUT2D eigenvalue weighted by Gasteiger charge is 2.32. The number of piperidine rings is 2. The fourth-order valence-corrected chi connectivity index (χ4v) is 5.56. The number of nitrogens with one attached hydrogen (secondary N) is 1. The highest BCUT2D eigenvalue weighted by Crippen LogP contribution is 2.37. The number of nitrogens with zero attached hydrogens (tertiary/aromatic N) is 3. The van der Waals surface area contributed by atoms with E-state index >= 15 is 0 Å². The summed E-state index contributed by atoms with van der Waals surface area (Å²) in [6.45, 7) is 9.01. The van der Waals surface area contributed by atoms with E-state index in [0.29, 0.717) is 18.6 Å². The normalized spacial score (nSPS) is 23.7. The number of aliphatic imine (C=N–C) groups is 1. The standard InChI is InChI=1S/C22H36N4O2S.HI/c1-4-23-22(26-13-10-17(11-14-26)21(27)28-5-2)24-16-18-8-6-12-25(3)20(18)19-9-7-15-29-19;/h7,9,15,17-18,20H,4-6,8,10-14,16H2,1-3H3,(H,23,24);1H. The van der Waals surface area contributed by atoms with Gasteiger partial charge in [0.05, 0.1) is 12.5 Å². The zero-order valence-electron chi connectivity index (χ0n) is 18.5. The number of esters is 1. The van der Waals surface area contributed by atoms with Gasteiger partial charge in [-0.05, 0) is 70.5 Å². The van der Waals surface area contributed by atoms with Crippen molar-refractivity contribution in [2.75, 3.05) is 46.4 Å². The Morgan fingerprint density at radius 1 is 1.27 bits per heavy atom. The van der Waals surface area contributed by atoms with Crippen molar-refractivity contribution in [1.82, 2.24) is 15.1 Å². The zero-order chi connectivity index (χ0) is 20.6. The summed E-state index contributed by atoms with van der Waals surface area (Å²) in [5.41, 5.74) is 0. The number of guanidine groups is 1. The van der Waals surface area contributed by atoms with Gasteiger partial charge >= 0.3 is 5.97 Å². The molecule has 3 rings (SSSR count). The van der Waals surface area contributed by atoms with Crippen LogP contribution in [-0.2, 0) is 9.53 Å². The SMILES string of the molecule is CCNC(=NCC1CCCN(C)C1c1cccs1)N1CCC(C(=O)OCC)CC1.I. The molecule has 0 aliphatic carbocycles. The van der Waals surface area contributed by atoms with Gasteiger partial charge < -0.3 is 15.0 Å². The van der Waals surface area contributed by atoms with Crippen molar-refractivity contribution in [2.24, 2.45) is 16.8 Å². The summed E-state index contributed by atoms with van der Waals surface area (Å²) in [6.07, 6.45) is 4.14. The molecule has 2 atom stereocenters. The number of carbonyl (C=O) groups excluding carboxylic acids is 1. The number of likely N-dealkylation sites (tertiary alicyclic amines) is 2. The Bertz CT molecular complexity index is 662. The third-order valence-electron chi connectivity index (χ3n) is 6.07. The fraction of sp³-hybridized carbons (Fsp3) is 0.727. The molecular formula is C22H37IN4O2S. The summed E-state index contributed by atoms with van der Waals surface area (Å²) in [5.74, 6) is 1.52. The van der Waals surface area contributed by atoms with Crippen molar-refractivity contribution in [2.45, 2.75) is 45.6 Å². The van der Waals surface area contributed by atoms with Crippen LogP contribution < -0.4 is 5.32 Å². The minimum atomic E-state index is -0.0434. The van der Waals surface area contributed by atoms with Crippen LogP contribution in [0.5, 0.6) is 0 Å². The van der Waals surface area contributed by atoms with Crippen molar-refractivity contribution < 1.29 is 9.53 Å². The van der Waals surface area contributed by atoms with E-state index in [0.717, 1.165) is 51.5 Å². The first kappa shape index (κ1) is 25.4. The molecule has 2 fully saturated rings. The van der Waals surface area contributed by atoms with E-state index < -0.39 is 0 Å². The second-order valence-electron chi connectivity index (χ2n) is 8.05. The fourth-order valence-electron chi connectivity index (χ4n) is 4.58. The zero-order valence-corrected chi connectivity index (χ0v) is 21.7. The molecule has 0 amide bonds. The van der Waals surface area contributed by atoms with Crippen molar-refractivity contribution >= 4 is 47.2 Å². The molecule has 0 spiro atoms. The number of halogens is 1. The van der Waals surface area contributed by atoms with Crippen LogP contribution in [0.15, 0.2) is 22.5 Å². The molecule has 2 unspecified atom stereocenters. The van der Waals surface area contributed by atoms with Crippen LogP contribution in [-0.4, -0.2) is 68.1 Å². The summed E-state index contributed by atoms with van der Waals surface area (Å²) < 4.78 is 5.20. The minimum absolute atomic E-state index is 0. The van der Waals surface area contributed by atoms with Crippen LogP contribution in [0, 0.1) is 11.8 Å². The molecule has 3 heterocycles. The average Bonchev–Trinajstić information content (AvgIpc) is 3.26. The topological polar surface area (TPSA) is 57.2 Å². The van der Waals surface area contributed by atoms with Gasteiger partial charge in [-0.15, -0.1) is 35.3 Å². The first-order valence-corrected chi connectivity index (χ1v) is 12.0. The maximum absolute atomic E-state index is 12.0. The second kappa shape index (κ2) is 12.9. The molecule has 0 saturated carbocycles. The summed E-state index contributed by atoms with van der Waals surface area (Å²) in [5, 5.41) is 5.65. The maximum Gasteiger partial charge on any atom is 0.309 e. The molecule has 8 heteroatoms. The van der Waals surface area contributed by atoms with E-state index in [2.05, 4.69) is 46.6 Å². The Labute approximate surface area is 202 Å². The molecule has 170 valence electrons. The molecule has 2 aliphatic rings.